The van der Waals surface area contributed by atoms with Crippen LogP contribution in [0.15, 0.2) is 85.7 Å². The van der Waals surface area contributed by atoms with Gasteiger partial charge in [-0.3, -0.25) is 15.0 Å². The molecule has 0 amide bonds. The van der Waals surface area contributed by atoms with Crippen LogP contribution in [0.4, 0.5) is 0 Å². The van der Waals surface area contributed by atoms with Gasteiger partial charge in [0.25, 0.3) is 0 Å². The second-order valence-electron chi connectivity index (χ2n) is 7.36. The van der Waals surface area contributed by atoms with Crippen molar-refractivity contribution in [2.45, 2.75) is 13.5 Å². The van der Waals surface area contributed by atoms with E-state index in [4.69, 9.17) is 4.74 Å². The Morgan fingerprint density at radius 3 is 2.52 bits per heavy atom. The number of hydrogen-bond acceptors (Lipinski definition) is 5. The summed E-state index contributed by atoms with van der Waals surface area (Å²) in [5.74, 6) is 1.69. The van der Waals surface area contributed by atoms with E-state index in [0.29, 0.717) is 12.3 Å². The quantitative estimate of drug-likeness (QED) is 0.424. The van der Waals surface area contributed by atoms with Gasteiger partial charge in [0, 0.05) is 41.1 Å². The maximum absolute atomic E-state index is 10.8. The Bertz CT molecular complexity index is 1330. The smallest absolute Gasteiger partial charge is 0.199 e. The average Bonchev–Trinajstić information content (AvgIpc) is 3.12. The van der Waals surface area contributed by atoms with Gasteiger partial charge in [0.15, 0.2) is 5.88 Å². The Labute approximate surface area is 179 Å². The molecule has 5 aromatic rings. The predicted octanol–water partition coefficient (Wildman–Crippen LogP) is 5.35. The zero-order valence-corrected chi connectivity index (χ0v) is 16.9. The van der Waals surface area contributed by atoms with E-state index < -0.39 is 0 Å². The van der Waals surface area contributed by atoms with Crippen molar-refractivity contribution in [1.82, 2.24) is 19.5 Å². The molecule has 0 bridgehead atoms. The molecule has 0 aliphatic heterocycles. The summed E-state index contributed by atoms with van der Waals surface area (Å²) < 4.78 is 7.65. The van der Waals surface area contributed by atoms with Gasteiger partial charge in [-0.2, -0.15) is 0 Å². The molecule has 3 heterocycles. The van der Waals surface area contributed by atoms with Crippen molar-refractivity contribution in [2.75, 3.05) is 0 Å². The van der Waals surface area contributed by atoms with Crippen LogP contribution in [-0.4, -0.2) is 24.6 Å². The molecule has 5 rings (SSSR count). The standard InChI is InChI=1S/C25H20N4O2/c1-17-11-19(23-14-27-9-10-28-23)12-20-16-29(25(30)24(17)20)15-18-4-6-21(7-5-18)31-22-3-2-8-26-13-22/h2-14,16,30H,15H2,1H3. The van der Waals surface area contributed by atoms with Gasteiger partial charge in [0.2, 0.25) is 0 Å². The van der Waals surface area contributed by atoms with Crippen LogP contribution < -0.4 is 4.74 Å². The zero-order chi connectivity index (χ0) is 21.2. The number of rotatable bonds is 5. The number of benzene rings is 2. The first-order chi connectivity index (χ1) is 15.2. The highest BCUT2D eigenvalue weighted by Crippen LogP contribution is 2.34. The molecule has 0 aliphatic carbocycles. The van der Waals surface area contributed by atoms with E-state index in [1.807, 2.05) is 66.2 Å². The minimum absolute atomic E-state index is 0.258. The fraction of sp³-hybridized carbons (Fsp3) is 0.0800. The Balaban J connectivity index is 1.41. The Hall–Kier alpha value is -4.19. The fourth-order valence-corrected chi connectivity index (χ4v) is 3.71. The van der Waals surface area contributed by atoms with E-state index in [1.165, 1.54) is 0 Å². The summed E-state index contributed by atoms with van der Waals surface area (Å²) in [6.07, 6.45) is 10.4. The lowest BCUT2D eigenvalue weighted by molar-refractivity contribution is 0.430. The number of hydrogen-bond donors (Lipinski definition) is 1. The number of aromatic hydroxyl groups is 1. The monoisotopic (exact) mass is 408 g/mol. The molecule has 3 aromatic heterocycles. The minimum Gasteiger partial charge on any atom is -0.494 e. The number of aromatic nitrogens is 4. The summed E-state index contributed by atoms with van der Waals surface area (Å²) in [5.41, 5.74) is 3.84. The van der Waals surface area contributed by atoms with E-state index in [-0.39, 0.29) is 5.88 Å². The van der Waals surface area contributed by atoms with Crippen LogP contribution in [0.2, 0.25) is 0 Å². The fourth-order valence-electron chi connectivity index (χ4n) is 3.71. The van der Waals surface area contributed by atoms with E-state index in [0.717, 1.165) is 38.9 Å². The van der Waals surface area contributed by atoms with Gasteiger partial charge in [0.1, 0.15) is 11.5 Å². The molecule has 0 saturated heterocycles. The molecule has 0 spiro atoms. The summed E-state index contributed by atoms with van der Waals surface area (Å²) in [4.78, 5) is 12.6. The van der Waals surface area contributed by atoms with Crippen molar-refractivity contribution in [2.24, 2.45) is 0 Å². The topological polar surface area (TPSA) is 73.1 Å². The molecule has 0 atom stereocenters. The SMILES string of the molecule is Cc1cc(-c2cnccn2)cc2cn(Cc3ccc(Oc4cccnc4)cc3)c(O)c12. The first kappa shape index (κ1) is 18.8. The summed E-state index contributed by atoms with van der Waals surface area (Å²) in [6, 6.07) is 15.6. The molecule has 1 N–H and O–H groups in total. The van der Waals surface area contributed by atoms with Gasteiger partial charge >= 0.3 is 0 Å². The molecule has 6 nitrogen and oxygen atoms in total. The van der Waals surface area contributed by atoms with E-state index in [9.17, 15) is 5.11 Å². The molecule has 31 heavy (non-hydrogen) atoms. The molecule has 2 aromatic carbocycles. The van der Waals surface area contributed by atoms with Crippen LogP contribution in [-0.2, 0) is 6.54 Å². The van der Waals surface area contributed by atoms with Gasteiger partial charge in [-0.15, -0.1) is 0 Å². The van der Waals surface area contributed by atoms with Crippen LogP contribution in [0.3, 0.4) is 0 Å². The van der Waals surface area contributed by atoms with Crippen molar-refractivity contribution >= 4 is 10.8 Å². The molecule has 152 valence electrons. The van der Waals surface area contributed by atoms with Crippen LogP contribution in [0.1, 0.15) is 11.1 Å². The maximum atomic E-state index is 10.8. The van der Waals surface area contributed by atoms with E-state index in [2.05, 4.69) is 15.0 Å². The van der Waals surface area contributed by atoms with Gasteiger partial charge in [-0.1, -0.05) is 12.1 Å². The summed E-state index contributed by atoms with van der Waals surface area (Å²) in [5, 5.41) is 12.7. The Morgan fingerprint density at radius 2 is 1.77 bits per heavy atom. The molecule has 0 radical (unpaired) electrons. The molecule has 0 fully saturated rings. The number of aryl methyl sites for hydroxylation is 1. The van der Waals surface area contributed by atoms with Gasteiger partial charge in [-0.25, -0.2) is 0 Å². The number of pyridine rings is 1. The summed E-state index contributed by atoms with van der Waals surface area (Å²) >= 11 is 0. The Morgan fingerprint density at radius 1 is 0.935 bits per heavy atom. The van der Waals surface area contributed by atoms with Crippen LogP contribution in [0.5, 0.6) is 17.4 Å². The first-order valence-electron chi connectivity index (χ1n) is 9.93. The lowest BCUT2D eigenvalue weighted by atomic mass is 10.0. The number of nitrogens with zero attached hydrogens (tertiary/aromatic N) is 4. The minimum atomic E-state index is 0.258. The first-order valence-corrected chi connectivity index (χ1v) is 9.93. The number of fused-ring (bicyclic) bond motifs is 1. The van der Waals surface area contributed by atoms with Gasteiger partial charge in [-0.05, 0) is 54.4 Å². The maximum Gasteiger partial charge on any atom is 0.199 e. The third-order valence-electron chi connectivity index (χ3n) is 5.16. The van der Waals surface area contributed by atoms with Gasteiger partial charge in [0.05, 0.1) is 24.6 Å². The summed E-state index contributed by atoms with van der Waals surface area (Å²) in [6.45, 7) is 2.55. The Kier molecular flexibility index (Phi) is 4.80. The van der Waals surface area contributed by atoms with E-state index >= 15 is 0 Å². The highest BCUT2D eigenvalue weighted by molar-refractivity contribution is 5.94. The second kappa shape index (κ2) is 7.91. The highest BCUT2D eigenvalue weighted by atomic mass is 16.5. The van der Waals surface area contributed by atoms with Crippen molar-refractivity contribution in [3.05, 3.63) is 96.8 Å². The molecule has 0 unspecified atom stereocenters. The molecule has 0 aliphatic rings. The lowest BCUT2D eigenvalue weighted by Gasteiger charge is -2.08. The average molecular weight is 408 g/mol. The van der Waals surface area contributed by atoms with Crippen molar-refractivity contribution in [3.63, 3.8) is 0 Å². The predicted molar refractivity (Wildman–Crippen MR) is 119 cm³/mol. The highest BCUT2D eigenvalue weighted by Gasteiger charge is 2.13. The van der Waals surface area contributed by atoms with Crippen LogP contribution >= 0.6 is 0 Å². The second-order valence-corrected chi connectivity index (χ2v) is 7.36. The van der Waals surface area contributed by atoms with Crippen molar-refractivity contribution < 1.29 is 9.84 Å². The van der Waals surface area contributed by atoms with Gasteiger partial charge < -0.3 is 14.4 Å². The largest absolute Gasteiger partial charge is 0.494 e. The van der Waals surface area contributed by atoms with Crippen molar-refractivity contribution in [3.8, 4) is 28.6 Å². The third kappa shape index (κ3) is 3.83. The molecule has 0 saturated carbocycles. The van der Waals surface area contributed by atoms with E-state index in [1.54, 1.807) is 31.0 Å². The summed E-state index contributed by atoms with van der Waals surface area (Å²) in [7, 11) is 0. The molecular weight excluding hydrogens is 388 g/mol. The third-order valence-corrected chi connectivity index (χ3v) is 5.16. The van der Waals surface area contributed by atoms with Crippen molar-refractivity contribution in [1.29, 1.82) is 0 Å². The molecular formula is C25H20N4O2. The number of ether oxygens (including phenoxy) is 1. The van der Waals surface area contributed by atoms with Crippen LogP contribution in [0, 0.1) is 6.92 Å². The normalized spacial score (nSPS) is 11.0. The molecule has 6 heteroatoms. The lowest BCUT2D eigenvalue weighted by Crippen LogP contribution is -1.97. The van der Waals surface area contributed by atoms with Crippen LogP contribution in [0.25, 0.3) is 22.0 Å². The zero-order valence-electron chi connectivity index (χ0n) is 16.9.